The van der Waals surface area contributed by atoms with Crippen LogP contribution < -0.4 is 0 Å². The first-order valence-corrected chi connectivity index (χ1v) is 5.22. The Hall–Kier alpha value is -1.57. The summed E-state index contributed by atoms with van der Waals surface area (Å²) in [6.07, 6.45) is 3.07. The van der Waals surface area contributed by atoms with E-state index >= 15 is 0 Å². The average molecular weight is 202 g/mol. The van der Waals surface area contributed by atoms with Gasteiger partial charge in [0.2, 0.25) is 0 Å². The molecule has 0 heterocycles. The van der Waals surface area contributed by atoms with Crippen LogP contribution in [0, 0.1) is 0 Å². The highest BCUT2D eigenvalue weighted by Crippen LogP contribution is 2.33. The minimum Gasteiger partial charge on any atom is -0.515 e. The third-order valence-electron chi connectivity index (χ3n) is 2.97. The van der Waals surface area contributed by atoms with Crippen molar-refractivity contribution in [2.24, 2.45) is 0 Å². The van der Waals surface area contributed by atoms with E-state index in [1.807, 2.05) is 18.2 Å². The molecule has 0 saturated heterocycles. The van der Waals surface area contributed by atoms with Crippen LogP contribution in [0.15, 0.2) is 42.2 Å². The molecule has 1 aliphatic carbocycles. The van der Waals surface area contributed by atoms with Crippen molar-refractivity contribution >= 4 is 5.78 Å². The van der Waals surface area contributed by atoms with Crippen molar-refractivity contribution < 1.29 is 9.90 Å². The molecule has 1 fully saturated rings. The number of benzene rings is 1. The summed E-state index contributed by atoms with van der Waals surface area (Å²) >= 11 is 0. The summed E-state index contributed by atoms with van der Waals surface area (Å²) in [5, 5.41) is 8.94. The molecule has 2 heteroatoms. The van der Waals surface area contributed by atoms with E-state index in [4.69, 9.17) is 5.11 Å². The van der Waals surface area contributed by atoms with E-state index in [0.717, 1.165) is 12.7 Å². The molecule has 1 aromatic rings. The molecule has 0 spiro atoms. The highest BCUT2D eigenvalue weighted by Gasteiger charge is 2.24. The highest BCUT2D eigenvalue weighted by atomic mass is 16.2. The molecular weight excluding hydrogens is 188 g/mol. The summed E-state index contributed by atoms with van der Waals surface area (Å²) in [6.45, 7) is 0. The first-order chi connectivity index (χ1) is 7.31. The second-order valence-corrected chi connectivity index (χ2v) is 3.93. The van der Waals surface area contributed by atoms with Gasteiger partial charge >= 0.3 is 0 Å². The number of rotatable bonds is 1. The molecule has 0 aliphatic heterocycles. The molecule has 1 aliphatic rings. The summed E-state index contributed by atoms with van der Waals surface area (Å²) in [5.41, 5.74) is 1.82. The van der Waals surface area contributed by atoms with Crippen LogP contribution in [0.25, 0.3) is 0 Å². The lowest BCUT2D eigenvalue weighted by Crippen LogP contribution is -2.15. The molecule has 0 radical (unpaired) electrons. The number of carbonyl (C=O) groups excluding carboxylic acids is 1. The number of Topliss-reactive ketones (excluding diaryl/α,β-unsaturated/α-hetero) is 1. The molecule has 1 N–H and O–H groups in total. The van der Waals surface area contributed by atoms with Crippen molar-refractivity contribution in [3.05, 3.63) is 47.7 Å². The minimum absolute atomic E-state index is 0.0877. The number of ketones is 1. The van der Waals surface area contributed by atoms with Crippen LogP contribution in [0.1, 0.15) is 30.7 Å². The van der Waals surface area contributed by atoms with Gasteiger partial charge in [0.25, 0.3) is 0 Å². The Kier molecular flexibility index (Phi) is 2.86. The SMILES string of the molecule is O=C1CCC(c2ccccc2)CC1=CO. The Bertz CT molecular complexity index is 379. The van der Waals surface area contributed by atoms with E-state index in [1.54, 1.807) is 0 Å². The summed E-state index contributed by atoms with van der Waals surface area (Å²) in [7, 11) is 0. The number of allylic oxidation sites excluding steroid dienone is 1. The lowest BCUT2D eigenvalue weighted by Gasteiger charge is -2.22. The Balaban J connectivity index is 2.17. The first-order valence-electron chi connectivity index (χ1n) is 5.22. The lowest BCUT2D eigenvalue weighted by atomic mass is 9.81. The number of hydrogen-bond donors (Lipinski definition) is 1. The molecule has 1 atom stereocenters. The maximum absolute atomic E-state index is 11.4. The molecule has 0 aromatic heterocycles. The van der Waals surface area contributed by atoms with Crippen LogP contribution in [0.4, 0.5) is 0 Å². The summed E-state index contributed by atoms with van der Waals surface area (Å²) in [6, 6.07) is 10.2. The molecule has 1 aromatic carbocycles. The van der Waals surface area contributed by atoms with E-state index in [1.165, 1.54) is 5.56 Å². The molecule has 2 nitrogen and oxygen atoms in total. The van der Waals surface area contributed by atoms with Gasteiger partial charge in [-0.1, -0.05) is 30.3 Å². The van der Waals surface area contributed by atoms with Crippen molar-refractivity contribution in [2.75, 3.05) is 0 Å². The predicted molar refractivity (Wildman–Crippen MR) is 58.8 cm³/mol. The van der Waals surface area contributed by atoms with Crippen LogP contribution in [0.2, 0.25) is 0 Å². The normalized spacial score (nSPS) is 24.4. The van der Waals surface area contributed by atoms with E-state index in [9.17, 15) is 4.79 Å². The van der Waals surface area contributed by atoms with Gasteiger partial charge in [-0.15, -0.1) is 0 Å². The minimum atomic E-state index is 0.0877. The second-order valence-electron chi connectivity index (χ2n) is 3.93. The predicted octanol–water partition coefficient (Wildman–Crippen LogP) is 2.97. The van der Waals surface area contributed by atoms with Crippen molar-refractivity contribution in [1.82, 2.24) is 0 Å². The zero-order valence-corrected chi connectivity index (χ0v) is 8.52. The quantitative estimate of drug-likeness (QED) is 0.561. The van der Waals surface area contributed by atoms with Gasteiger partial charge in [0.05, 0.1) is 6.26 Å². The molecule has 1 saturated carbocycles. The van der Waals surface area contributed by atoms with Crippen LogP contribution in [-0.4, -0.2) is 10.9 Å². The first kappa shape index (κ1) is 9.97. The molecule has 2 rings (SSSR count). The molecule has 15 heavy (non-hydrogen) atoms. The van der Waals surface area contributed by atoms with Crippen LogP contribution in [0.5, 0.6) is 0 Å². The van der Waals surface area contributed by atoms with Gasteiger partial charge in [0, 0.05) is 12.0 Å². The van der Waals surface area contributed by atoms with Gasteiger partial charge in [-0.05, 0) is 24.3 Å². The van der Waals surface area contributed by atoms with Crippen LogP contribution >= 0.6 is 0 Å². The number of aliphatic hydroxyl groups excluding tert-OH is 1. The summed E-state index contributed by atoms with van der Waals surface area (Å²) in [4.78, 5) is 11.4. The Morgan fingerprint density at radius 2 is 2.00 bits per heavy atom. The second kappa shape index (κ2) is 4.30. The van der Waals surface area contributed by atoms with E-state index in [-0.39, 0.29) is 5.78 Å². The lowest BCUT2D eigenvalue weighted by molar-refractivity contribution is -0.116. The number of carbonyl (C=O) groups is 1. The smallest absolute Gasteiger partial charge is 0.161 e. The topological polar surface area (TPSA) is 37.3 Å². The third kappa shape index (κ3) is 2.09. The maximum atomic E-state index is 11.4. The highest BCUT2D eigenvalue weighted by molar-refractivity contribution is 5.96. The largest absolute Gasteiger partial charge is 0.515 e. The fourth-order valence-corrected chi connectivity index (χ4v) is 2.08. The van der Waals surface area contributed by atoms with Crippen LogP contribution in [-0.2, 0) is 4.79 Å². The maximum Gasteiger partial charge on any atom is 0.161 e. The Labute approximate surface area is 89.2 Å². The monoisotopic (exact) mass is 202 g/mol. The number of hydrogen-bond acceptors (Lipinski definition) is 2. The van der Waals surface area contributed by atoms with Crippen molar-refractivity contribution in [3.8, 4) is 0 Å². The summed E-state index contributed by atoms with van der Waals surface area (Å²) in [5.74, 6) is 0.465. The van der Waals surface area contributed by atoms with Crippen LogP contribution in [0.3, 0.4) is 0 Å². The molecular formula is C13H14O2. The molecule has 78 valence electrons. The van der Waals surface area contributed by atoms with Gasteiger partial charge in [-0.25, -0.2) is 0 Å². The zero-order chi connectivity index (χ0) is 10.7. The average Bonchev–Trinajstić information content (AvgIpc) is 2.31. The fraction of sp³-hybridized carbons (Fsp3) is 0.308. The molecule has 0 amide bonds. The van der Waals surface area contributed by atoms with Crippen molar-refractivity contribution in [3.63, 3.8) is 0 Å². The zero-order valence-electron chi connectivity index (χ0n) is 8.52. The molecule has 1 unspecified atom stereocenters. The van der Waals surface area contributed by atoms with Gasteiger partial charge in [-0.2, -0.15) is 0 Å². The Morgan fingerprint density at radius 1 is 1.27 bits per heavy atom. The third-order valence-corrected chi connectivity index (χ3v) is 2.97. The van der Waals surface area contributed by atoms with Gasteiger partial charge in [-0.3, -0.25) is 4.79 Å². The summed E-state index contributed by atoms with van der Waals surface area (Å²) < 4.78 is 0. The Morgan fingerprint density at radius 3 is 2.67 bits per heavy atom. The van der Waals surface area contributed by atoms with E-state index in [2.05, 4.69) is 12.1 Å². The standard InChI is InChI=1S/C13H14O2/c14-9-12-8-11(6-7-13(12)15)10-4-2-1-3-5-10/h1-5,9,11,14H,6-8H2. The van der Waals surface area contributed by atoms with Crippen molar-refractivity contribution in [2.45, 2.75) is 25.2 Å². The fourth-order valence-electron chi connectivity index (χ4n) is 2.08. The van der Waals surface area contributed by atoms with E-state index < -0.39 is 0 Å². The van der Waals surface area contributed by atoms with E-state index in [0.29, 0.717) is 24.3 Å². The number of aliphatic hydroxyl groups is 1. The van der Waals surface area contributed by atoms with Gasteiger partial charge in [0.15, 0.2) is 5.78 Å². The molecule has 0 bridgehead atoms. The van der Waals surface area contributed by atoms with Gasteiger partial charge < -0.3 is 5.11 Å². The van der Waals surface area contributed by atoms with Crippen molar-refractivity contribution in [1.29, 1.82) is 0 Å². The van der Waals surface area contributed by atoms with Gasteiger partial charge in [0.1, 0.15) is 0 Å².